The molecule has 0 bridgehead atoms. The van der Waals surface area contributed by atoms with Crippen LogP contribution in [0.5, 0.6) is 0 Å². The molecule has 0 saturated heterocycles. The van der Waals surface area contributed by atoms with Crippen LogP contribution in [0.1, 0.15) is 16.7 Å². The predicted molar refractivity (Wildman–Crippen MR) is 132 cm³/mol. The maximum absolute atomic E-state index is 4.63. The van der Waals surface area contributed by atoms with Crippen LogP contribution in [0.3, 0.4) is 0 Å². The molecule has 0 saturated carbocycles. The van der Waals surface area contributed by atoms with E-state index in [1.807, 2.05) is 25.2 Å². The number of benzene rings is 4. The molecule has 1 heterocycles. The minimum absolute atomic E-state index is 0.474. The van der Waals surface area contributed by atoms with Crippen LogP contribution < -0.4 is 0 Å². The van der Waals surface area contributed by atoms with Crippen molar-refractivity contribution in [2.24, 2.45) is 7.05 Å². The van der Waals surface area contributed by atoms with Crippen molar-refractivity contribution in [1.82, 2.24) is 14.8 Å². The van der Waals surface area contributed by atoms with Gasteiger partial charge in [0.1, 0.15) is 0 Å². The van der Waals surface area contributed by atoms with Gasteiger partial charge in [-0.3, -0.25) is 0 Å². The highest BCUT2D eigenvalue weighted by molar-refractivity contribution is 8.00. The van der Waals surface area contributed by atoms with Crippen LogP contribution in [0.2, 0.25) is 0 Å². The third-order valence-corrected chi connectivity index (χ3v) is 7.20. The summed E-state index contributed by atoms with van der Waals surface area (Å²) in [6.07, 6.45) is 0. The van der Waals surface area contributed by atoms with E-state index >= 15 is 0 Å². The molecule has 0 atom stereocenters. The summed E-state index contributed by atoms with van der Waals surface area (Å²) in [5.74, 6) is 0.858. The Labute approximate surface area is 192 Å². The van der Waals surface area contributed by atoms with Crippen molar-refractivity contribution in [2.75, 3.05) is 0 Å². The van der Waals surface area contributed by atoms with Gasteiger partial charge >= 0.3 is 0 Å². The van der Waals surface area contributed by atoms with Crippen LogP contribution in [0.25, 0.3) is 11.4 Å². The van der Waals surface area contributed by atoms with E-state index in [9.17, 15) is 0 Å². The quantitative estimate of drug-likeness (QED) is 0.224. The van der Waals surface area contributed by atoms with Crippen molar-refractivity contribution in [1.29, 1.82) is 0 Å². The molecular formula is C28H23N3S. The van der Waals surface area contributed by atoms with E-state index in [0.717, 1.165) is 16.5 Å². The van der Waals surface area contributed by atoms with Crippen LogP contribution >= 0.6 is 11.8 Å². The smallest absolute Gasteiger partial charge is 0.192 e. The zero-order valence-corrected chi connectivity index (χ0v) is 18.6. The normalized spacial score (nSPS) is 11.4. The number of hydrogen-bond donors (Lipinski definition) is 0. The summed E-state index contributed by atoms with van der Waals surface area (Å²) in [6.45, 7) is 0. The molecule has 0 radical (unpaired) electrons. The molecule has 4 aromatic carbocycles. The summed E-state index contributed by atoms with van der Waals surface area (Å²) < 4.78 is 1.61. The number of nitrogens with zero attached hydrogens (tertiary/aromatic N) is 3. The monoisotopic (exact) mass is 433 g/mol. The third-order valence-electron chi connectivity index (χ3n) is 5.65. The Morgan fingerprint density at radius 3 is 1.41 bits per heavy atom. The molecule has 3 nitrogen and oxygen atoms in total. The van der Waals surface area contributed by atoms with Crippen molar-refractivity contribution in [3.8, 4) is 11.4 Å². The Hall–Kier alpha value is -3.63. The van der Waals surface area contributed by atoms with Gasteiger partial charge in [-0.1, -0.05) is 133 Å². The summed E-state index contributed by atoms with van der Waals surface area (Å²) in [5, 5.41) is 10.0. The van der Waals surface area contributed by atoms with Gasteiger partial charge in [0.15, 0.2) is 11.0 Å². The molecule has 0 aliphatic heterocycles. The molecule has 5 rings (SSSR count). The molecular weight excluding hydrogens is 410 g/mol. The summed E-state index contributed by atoms with van der Waals surface area (Å²) in [7, 11) is 2.04. The number of thioether (sulfide) groups is 1. The van der Waals surface area contributed by atoms with Crippen molar-refractivity contribution >= 4 is 11.8 Å². The van der Waals surface area contributed by atoms with Gasteiger partial charge in [0, 0.05) is 12.6 Å². The average molecular weight is 434 g/mol. The fourth-order valence-corrected chi connectivity index (χ4v) is 5.42. The van der Waals surface area contributed by atoms with Crippen molar-refractivity contribution in [3.05, 3.63) is 138 Å². The van der Waals surface area contributed by atoms with Crippen molar-refractivity contribution < 1.29 is 0 Å². The Morgan fingerprint density at radius 2 is 0.969 bits per heavy atom. The molecule has 0 spiro atoms. The molecule has 0 N–H and O–H groups in total. The summed E-state index contributed by atoms with van der Waals surface area (Å²) in [6, 6.07) is 42.2. The van der Waals surface area contributed by atoms with E-state index in [1.54, 1.807) is 11.8 Å². The molecule has 32 heavy (non-hydrogen) atoms. The number of hydrogen-bond acceptors (Lipinski definition) is 3. The Balaban J connectivity index is 1.72. The van der Waals surface area contributed by atoms with E-state index in [4.69, 9.17) is 0 Å². The Morgan fingerprint density at radius 1 is 0.562 bits per heavy atom. The standard InChI is InChI=1S/C28H23N3S/c1-31-26(22-14-6-2-7-15-22)29-30-27(31)32-28(23-16-8-3-9-17-23,24-18-10-4-11-19-24)25-20-12-5-13-21-25/h2-21H,1H3. The van der Waals surface area contributed by atoms with Gasteiger partial charge in [-0.25, -0.2) is 0 Å². The lowest BCUT2D eigenvalue weighted by Crippen LogP contribution is -2.26. The van der Waals surface area contributed by atoms with Crippen LogP contribution in [-0.4, -0.2) is 14.8 Å². The van der Waals surface area contributed by atoms with Crippen molar-refractivity contribution in [3.63, 3.8) is 0 Å². The zero-order chi connectivity index (χ0) is 21.8. The highest BCUT2D eigenvalue weighted by Gasteiger charge is 2.39. The third kappa shape index (κ3) is 3.63. The Bertz CT molecular complexity index is 1190. The largest absolute Gasteiger partial charge is 0.305 e. The first kappa shape index (κ1) is 20.3. The summed E-state index contributed by atoms with van der Waals surface area (Å²) >= 11 is 1.73. The van der Waals surface area contributed by atoms with Gasteiger partial charge in [-0.15, -0.1) is 10.2 Å². The van der Waals surface area contributed by atoms with Crippen LogP contribution in [-0.2, 0) is 11.8 Å². The first-order valence-corrected chi connectivity index (χ1v) is 11.4. The minimum atomic E-state index is -0.474. The molecule has 0 unspecified atom stereocenters. The second kappa shape index (κ2) is 8.85. The van der Waals surface area contributed by atoms with E-state index in [2.05, 4.69) is 118 Å². The summed E-state index contributed by atoms with van der Waals surface area (Å²) in [4.78, 5) is 0. The lowest BCUT2D eigenvalue weighted by molar-refractivity contribution is 0.778. The maximum Gasteiger partial charge on any atom is 0.192 e. The molecule has 0 aliphatic rings. The van der Waals surface area contributed by atoms with E-state index in [0.29, 0.717) is 0 Å². The molecule has 5 aromatic rings. The van der Waals surface area contributed by atoms with Gasteiger partial charge in [-0.05, 0) is 16.7 Å². The lowest BCUT2D eigenvalue weighted by atomic mass is 9.84. The van der Waals surface area contributed by atoms with Gasteiger partial charge in [-0.2, -0.15) is 0 Å². The first-order valence-electron chi connectivity index (χ1n) is 10.6. The molecule has 4 heteroatoms. The molecule has 0 aliphatic carbocycles. The molecule has 1 aromatic heterocycles. The Kier molecular flexibility index (Phi) is 5.61. The highest BCUT2D eigenvalue weighted by Crippen LogP contribution is 2.51. The topological polar surface area (TPSA) is 30.7 Å². The van der Waals surface area contributed by atoms with Crippen molar-refractivity contribution in [2.45, 2.75) is 9.90 Å². The number of rotatable bonds is 6. The zero-order valence-electron chi connectivity index (χ0n) is 17.8. The highest BCUT2D eigenvalue weighted by atomic mass is 32.2. The fourth-order valence-electron chi connectivity index (χ4n) is 4.07. The second-order valence-electron chi connectivity index (χ2n) is 7.61. The van der Waals surface area contributed by atoms with Gasteiger partial charge < -0.3 is 4.57 Å². The maximum atomic E-state index is 4.63. The van der Waals surface area contributed by atoms with Gasteiger partial charge in [0.05, 0.1) is 4.75 Å². The van der Waals surface area contributed by atoms with Gasteiger partial charge in [0.2, 0.25) is 0 Å². The fraction of sp³-hybridized carbons (Fsp3) is 0.0714. The van der Waals surface area contributed by atoms with E-state index < -0.39 is 4.75 Å². The van der Waals surface area contributed by atoms with Crippen LogP contribution in [0.15, 0.2) is 126 Å². The molecule has 0 amide bonds. The van der Waals surface area contributed by atoms with E-state index in [-0.39, 0.29) is 0 Å². The SMILES string of the molecule is Cn1c(SC(c2ccccc2)(c2ccccc2)c2ccccc2)nnc1-c1ccccc1. The van der Waals surface area contributed by atoms with Crippen LogP contribution in [0, 0.1) is 0 Å². The average Bonchev–Trinajstić information content (AvgIpc) is 3.24. The number of aromatic nitrogens is 3. The second-order valence-corrected chi connectivity index (χ2v) is 8.79. The first-order chi connectivity index (χ1) is 15.8. The minimum Gasteiger partial charge on any atom is -0.305 e. The van der Waals surface area contributed by atoms with E-state index in [1.165, 1.54) is 16.7 Å². The molecule has 0 fully saturated rings. The lowest BCUT2D eigenvalue weighted by Gasteiger charge is -2.34. The molecule has 156 valence electrons. The van der Waals surface area contributed by atoms with Crippen LogP contribution in [0.4, 0.5) is 0 Å². The van der Waals surface area contributed by atoms with Gasteiger partial charge in [0.25, 0.3) is 0 Å². The predicted octanol–water partition coefficient (Wildman–Crippen LogP) is 6.57. The summed E-state index contributed by atoms with van der Waals surface area (Å²) in [5.41, 5.74) is 4.66.